The molecule has 1 N–H and O–H groups in total. The third kappa shape index (κ3) is 5.68. The van der Waals surface area contributed by atoms with E-state index in [1.807, 2.05) is 11.0 Å². The number of nitrogens with one attached hydrogen (secondary N) is 1. The first-order valence-electron chi connectivity index (χ1n) is 13.2. The monoisotopic (exact) mass is 515 g/mol. The van der Waals surface area contributed by atoms with Crippen molar-refractivity contribution in [2.45, 2.75) is 57.3 Å². The molecular formula is C28H36F3N5O. The second-order valence-electron chi connectivity index (χ2n) is 11.5. The highest BCUT2D eigenvalue weighted by molar-refractivity contribution is 5.97. The number of fused-ring (bicyclic) bond motifs is 1. The zero-order chi connectivity index (χ0) is 26.3. The van der Waals surface area contributed by atoms with E-state index in [1.54, 1.807) is 6.20 Å². The van der Waals surface area contributed by atoms with Crippen LogP contribution in [0.5, 0.6) is 0 Å². The number of nitrogens with zero attached hydrogens (tertiary/aromatic N) is 4. The second kappa shape index (κ2) is 10.3. The molecule has 0 radical (unpaired) electrons. The molecule has 200 valence electrons. The number of carbonyl (C=O) groups excluding carboxylic acids is 1. The Kier molecular flexibility index (Phi) is 7.31. The molecule has 1 amide bonds. The average Bonchev–Trinajstić information content (AvgIpc) is 3.37. The van der Waals surface area contributed by atoms with Crippen molar-refractivity contribution in [3.63, 3.8) is 0 Å². The van der Waals surface area contributed by atoms with Crippen LogP contribution in [-0.4, -0.2) is 84.8 Å². The number of halogens is 3. The number of piperazine rings is 1. The molecule has 0 spiro atoms. The largest absolute Gasteiger partial charge is 0.311 e. The fraction of sp³-hybridized carbons (Fsp3) is 0.571. The van der Waals surface area contributed by atoms with Gasteiger partial charge in [0.15, 0.2) is 0 Å². The lowest BCUT2D eigenvalue weighted by Gasteiger charge is -2.41. The third-order valence-corrected chi connectivity index (χ3v) is 7.95. The number of rotatable bonds is 6. The van der Waals surface area contributed by atoms with Gasteiger partial charge in [-0.2, -0.15) is 0 Å². The van der Waals surface area contributed by atoms with E-state index in [-0.39, 0.29) is 36.4 Å². The lowest BCUT2D eigenvalue weighted by molar-refractivity contribution is -0.120. The number of amides is 1. The van der Waals surface area contributed by atoms with E-state index in [0.717, 1.165) is 43.5 Å². The van der Waals surface area contributed by atoms with Gasteiger partial charge in [0.2, 0.25) is 5.91 Å². The third-order valence-electron chi connectivity index (χ3n) is 7.95. The van der Waals surface area contributed by atoms with Crippen LogP contribution in [0, 0.1) is 11.6 Å². The topological polar surface area (TPSA) is 51.7 Å². The van der Waals surface area contributed by atoms with Crippen LogP contribution in [0.4, 0.5) is 18.9 Å². The molecule has 4 heterocycles. The molecule has 3 aliphatic rings. The maximum atomic E-state index is 14.3. The molecule has 0 aliphatic carbocycles. The number of alkyl halides is 1. The van der Waals surface area contributed by atoms with Crippen LogP contribution in [0.1, 0.15) is 44.0 Å². The Hall–Kier alpha value is -2.49. The first-order valence-corrected chi connectivity index (χ1v) is 13.2. The Labute approximate surface area is 216 Å². The van der Waals surface area contributed by atoms with Gasteiger partial charge in [-0.05, 0) is 31.0 Å². The summed E-state index contributed by atoms with van der Waals surface area (Å²) >= 11 is 0. The molecule has 37 heavy (non-hydrogen) atoms. The van der Waals surface area contributed by atoms with Gasteiger partial charge in [0.25, 0.3) is 0 Å². The van der Waals surface area contributed by atoms with Crippen LogP contribution in [0.2, 0.25) is 0 Å². The number of pyridine rings is 1. The summed E-state index contributed by atoms with van der Waals surface area (Å²) in [7, 11) is 0. The van der Waals surface area contributed by atoms with Crippen molar-refractivity contribution >= 4 is 11.6 Å². The Bertz CT molecular complexity index is 1160. The molecular weight excluding hydrogens is 479 g/mol. The summed E-state index contributed by atoms with van der Waals surface area (Å²) < 4.78 is 41.4. The van der Waals surface area contributed by atoms with Gasteiger partial charge in [-0.25, -0.2) is 13.2 Å². The van der Waals surface area contributed by atoms with Crippen molar-refractivity contribution in [3.8, 4) is 0 Å². The predicted octanol–water partition coefficient (Wildman–Crippen LogP) is 3.28. The van der Waals surface area contributed by atoms with Gasteiger partial charge in [0.05, 0.1) is 12.2 Å². The number of carbonyl (C=O) groups is 1. The molecule has 1 aromatic carbocycles. The van der Waals surface area contributed by atoms with Gasteiger partial charge in [0, 0.05) is 86.7 Å². The minimum Gasteiger partial charge on any atom is -0.311 e. The SMILES string of the molecule is C[C@@H]1CN(CC(=O)N2CC(C)(C)c3cnc(Cc4ccc(F)cc4F)cc32)[C@@H](CN2CC[C@@H](F)C2)CN1. The molecule has 3 atom stereocenters. The summed E-state index contributed by atoms with van der Waals surface area (Å²) in [5.41, 5.74) is 2.52. The zero-order valence-electron chi connectivity index (χ0n) is 21.8. The van der Waals surface area contributed by atoms with E-state index in [0.29, 0.717) is 30.8 Å². The number of benzene rings is 1. The van der Waals surface area contributed by atoms with E-state index in [9.17, 15) is 18.0 Å². The van der Waals surface area contributed by atoms with Gasteiger partial charge in [0.1, 0.15) is 17.8 Å². The lowest BCUT2D eigenvalue weighted by Crippen LogP contribution is -2.60. The molecule has 1 aromatic heterocycles. The van der Waals surface area contributed by atoms with Crippen LogP contribution in [0.15, 0.2) is 30.5 Å². The summed E-state index contributed by atoms with van der Waals surface area (Å²) in [4.78, 5) is 24.5. The highest BCUT2D eigenvalue weighted by atomic mass is 19.1. The minimum absolute atomic E-state index is 0.0147. The van der Waals surface area contributed by atoms with Crippen LogP contribution < -0.4 is 10.2 Å². The molecule has 3 aliphatic heterocycles. The van der Waals surface area contributed by atoms with Gasteiger partial charge < -0.3 is 10.2 Å². The summed E-state index contributed by atoms with van der Waals surface area (Å²) in [6.45, 7) is 10.6. The number of hydrogen-bond acceptors (Lipinski definition) is 5. The Morgan fingerprint density at radius 3 is 2.76 bits per heavy atom. The number of likely N-dealkylation sites (tertiary alicyclic amines) is 1. The molecule has 2 fully saturated rings. The lowest BCUT2D eigenvalue weighted by atomic mass is 9.88. The smallest absolute Gasteiger partial charge is 0.241 e. The quantitative estimate of drug-likeness (QED) is 0.640. The molecule has 2 saturated heterocycles. The van der Waals surface area contributed by atoms with Crippen molar-refractivity contribution in [1.29, 1.82) is 0 Å². The van der Waals surface area contributed by atoms with Gasteiger partial charge >= 0.3 is 0 Å². The zero-order valence-corrected chi connectivity index (χ0v) is 21.8. The van der Waals surface area contributed by atoms with Crippen LogP contribution in [-0.2, 0) is 16.6 Å². The number of hydrogen-bond donors (Lipinski definition) is 1. The first kappa shape index (κ1) is 26.1. The summed E-state index contributed by atoms with van der Waals surface area (Å²) in [5, 5.41) is 3.51. The van der Waals surface area contributed by atoms with Crippen LogP contribution in [0.25, 0.3) is 0 Å². The van der Waals surface area contributed by atoms with Crippen molar-refractivity contribution in [2.24, 2.45) is 0 Å². The minimum atomic E-state index is -0.764. The Morgan fingerprint density at radius 1 is 1.22 bits per heavy atom. The Morgan fingerprint density at radius 2 is 2.03 bits per heavy atom. The highest BCUT2D eigenvalue weighted by Gasteiger charge is 2.40. The van der Waals surface area contributed by atoms with Crippen molar-refractivity contribution in [3.05, 3.63) is 58.9 Å². The fourth-order valence-corrected chi connectivity index (χ4v) is 5.89. The normalized spacial score (nSPS) is 26.0. The fourth-order valence-electron chi connectivity index (χ4n) is 5.89. The number of anilines is 1. The van der Waals surface area contributed by atoms with Crippen molar-refractivity contribution < 1.29 is 18.0 Å². The molecule has 0 bridgehead atoms. The maximum Gasteiger partial charge on any atom is 0.241 e. The standard InChI is InChI=1S/C28H36F3N5O/c1-18-13-35(23(11-32-18)15-34-7-6-21(30)14-34)16-27(37)36-17-28(2,3)24-12-33-22(10-26(24)36)8-19-4-5-20(29)9-25(19)31/h4-5,9-10,12,18,21,23,32H,6-8,11,13-17H2,1-3H3/t18-,21-,23-/m1/s1. The highest BCUT2D eigenvalue weighted by Crippen LogP contribution is 2.40. The van der Waals surface area contributed by atoms with Gasteiger partial charge in [-0.3, -0.25) is 19.6 Å². The Balaban J connectivity index is 1.34. The van der Waals surface area contributed by atoms with Crippen LogP contribution in [0.3, 0.4) is 0 Å². The van der Waals surface area contributed by atoms with Gasteiger partial charge in [-0.1, -0.05) is 19.9 Å². The average molecular weight is 516 g/mol. The van der Waals surface area contributed by atoms with Gasteiger partial charge in [-0.15, -0.1) is 0 Å². The first-order chi connectivity index (χ1) is 17.6. The molecule has 6 nitrogen and oxygen atoms in total. The van der Waals surface area contributed by atoms with E-state index in [2.05, 4.69) is 40.9 Å². The van der Waals surface area contributed by atoms with E-state index >= 15 is 0 Å². The van der Waals surface area contributed by atoms with Crippen molar-refractivity contribution in [1.82, 2.24) is 20.1 Å². The summed E-state index contributed by atoms with van der Waals surface area (Å²) in [6, 6.07) is 5.82. The number of aromatic nitrogens is 1. The van der Waals surface area contributed by atoms with Crippen LogP contribution >= 0.6 is 0 Å². The predicted molar refractivity (Wildman–Crippen MR) is 138 cm³/mol. The van der Waals surface area contributed by atoms with Crippen molar-refractivity contribution in [2.75, 3.05) is 50.7 Å². The summed E-state index contributed by atoms with van der Waals surface area (Å²) in [5.74, 6) is -1.20. The molecule has 0 unspecified atom stereocenters. The van der Waals surface area contributed by atoms with E-state index < -0.39 is 17.8 Å². The second-order valence-corrected chi connectivity index (χ2v) is 11.5. The van der Waals surface area contributed by atoms with E-state index in [4.69, 9.17) is 0 Å². The molecule has 5 rings (SSSR count). The van der Waals surface area contributed by atoms with E-state index in [1.165, 1.54) is 12.1 Å². The molecule has 0 saturated carbocycles. The molecule has 2 aromatic rings. The summed E-state index contributed by atoms with van der Waals surface area (Å²) in [6.07, 6.45) is 1.81. The maximum absolute atomic E-state index is 14.3. The molecule has 9 heteroatoms.